The largest absolute Gasteiger partial charge is 0.310 e. The Hall–Kier alpha value is -11.7. The average molecular weight is 1200 g/mol. The number of rotatable bonds is 9. The Morgan fingerprint density at radius 1 is 0.362 bits per heavy atom. The highest BCUT2D eigenvalue weighted by molar-refractivity contribution is 7.00. The van der Waals surface area contributed by atoms with E-state index in [0.717, 1.165) is 140 Å². The maximum atomic E-state index is 10.8. The Labute approximate surface area is 551 Å². The third-order valence-electron chi connectivity index (χ3n) is 19.3. The van der Waals surface area contributed by atoms with E-state index >= 15 is 0 Å². The van der Waals surface area contributed by atoms with Crippen LogP contribution in [0.3, 0.4) is 0 Å². The van der Waals surface area contributed by atoms with Gasteiger partial charge in [-0.15, -0.1) is 0 Å². The maximum absolute atomic E-state index is 10.8. The third kappa shape index (κ3) is 9.69. The molecule has 0 aliphatic carbocycles. The summed E-state index contributed by atoms with van der Waals surface area (Å²) in [6.45, 7) is 21.5. The van der Waals surface area contributed by atoms with Gasteiger partial charge < -0.3 is 14.4 Å². The number of nitriles is 1. The van der Waals surface area contributed by atoms with Gasteiger partial charge in [0, 0.05) is 55.8 Å². The molecule has 446 valence electrons. The van der Waals surface area contributed by atoms with E-state index in [1.807, 2.05) is 6.07 Å². The summed E-state index contributed by atoms with van der Waals surface area (Å²) in [4.78, 5) is 9.32. The summed E-state index contributed by atoms with van der Waals surface area (Å²) < 4.78 is 2.48. The molecule has 0 amide bonds. The number of para-hydroxylation sites is 4. The fourth-order valence-corrected chi connectivity index (χ4v) is 14.7. The minimum Gasteiger partial charge on any atom is -0.310 e. The van der Waals surface area contributed by atoms with Gasteiger partial charge in [-0.2, -0.15) is 5.26 Å². The van der Waals surface area contributed by atoms with Crippen LogP contribution in [0.5, 0.6) is 0 Å². The van der Waals surface area contributed by atoms with Gasteiger partial charge in [0.05, 0.1) is 46.3 Å². The zero-order chi connectivity index (χ0) is 64.0. The molecular weight excluding hydrogens is 1140 g/mol. The zero-order valence-corrected chi connectivity index (χ0v) is 53.5. The lowest BCUT2D eigenvalue weighted by Crippen LogP contribution is -2.61. The van der Waals surface area contributed by atoms with Crippen molar-refractivity contribution in [3.8, 4) is 78.5 Å². The summed E-state index contributed by atoms with van der Waals surface area (Å²) in [5, 5.41) is 13.1. The Morgan fingerprint density at radius 3 is 1.16 bits per heavy atom. The van der Waals surface area contributed by atoms with Gasteiger partial charge in [0.25, 0.3) is 6.71 Å². The van der Waals surface area contributed by atoms with Gasteiger partial charge in [0.1, 0.15) is 0 Å². The second-order valence-corrected chi connectivity index (χ2v) is 27.1. The van der Waals surface area contributed by atoms with E-state index in [1.165, 1.54) is 16.2 Å². The van der Waals surface area contributed by atoms with Crippen molar-refractivity contribution in [3.63, 3.8) is 0 Å². The van der Waals surface area contributed by atoms with Crippen LogP contribution in [0.4, 0.5) is 39.8 Å². The van der Waals surface area contributed by atoms with Crippen LogP contribution in [0.2, 0.25) is 0 Å². The standard InChI is InChI=1S/C88H66BN5/c1-87(2,3)66-47-57(56-90)46-64(48-66)62-42-44-76-80(51-62)93(85-70(58-26-12-8-13-27-58)36-24-37-71(85)59-28-14-9-15-29-59)82-54-69(92-78-40-22-20-34-74(78)75-35-21-23-41-79(75)92)55-83-84(82)89(76)77-45-43-63(65-49-67(88(4,5)6)53-68(50-65)91-7)52-81(77)94(83)86-72(60-30-16-10-17-31-60)38-25-39-73(86)61-32-18-11-19-33-61/h8-55H,1-6H3. The van der Waals surface area contributed by atoms with Gasteiger partial charge in [0.2, 0.25) is 0 Å². The van der Waals surface area contributed by atoms with Gasteiger partial charge in [-0.25, -0.2) is 4.85 Å². The number of hydrogen-bond donors (Lipinski definition) is 0. The molecule has 2 aliphatic rings. The molecule has 6 heteroatoms. The van der Waals surface area contributed by atoms with E-state index in [4.69, 9.17) is 6.57 Å². The van der Waals surface area contributed by atoms with E-state index in [0.29, 0.717) is 11.3 Å². The second-order valence-electron chi connectivity index (χ2n) is 27.1. The van der Waals surface area contributed by atoms with Crippen LogP contribution in [-0.2, 0) is 10.8 Å². The lowest BCUT2D eigenvalue weighted by molar-refractivity contribution is 0.590. The Morgan fingerprint density at radius 2 is 0.755 bits per heavy atom. The number of fused-ring (bicyclic) bond motifs is 7. The number of hydrogen-bond acceptors (Lipinski definition) is 3. The average Bonchev–Trinajstić information content (AvgIpc) is 0.764. The predicted octanol–water partition coefficient (Wildman–Crippen LogP) is 21.9. The molecule has 0 saturated carbocycles. The summed E-state index contributed by atoms with van der Waals surface area (Å²) in [6, 6.07) is 109. The van der Waals surface area contributed by atoms with Crippen LogP contribution < -0.4 is 26.2 Å². The van der Waals surface area contributed by atoms with Gasteiger partial charge in [-0.3, -0.25) is 0 Å². The van der Waals surface area contributed by atoms with Crippen LogP contribution in [0.25, 0.3) is 99.1 Å². The van der Waals surface area contributed by atoms with Gasteiger partial charge >= 0.3 is 0 Å². The van der Waals surface area contributed by atoms with Crippen LogP contribution in [-0.4, -0.2) is 11.3 Å². The van der Waals surface area contributed by atoms with Crippen LogP contribution in [0.1, 0.15) is 58.2 Å². The second kappa shape index (κ2) is 22.6. The first-order chi connectivity index (χ1) is 45.8. The number of aromatic nitrogens is 1. The molecule has 0 spiro atoms. The summed E-state index contributed by atoms with van der Waals surface area (Å²) in [7, 11) is 0. The first-order valence-corrected chi connectivity index (χ1v) is 32.4. The maximum Gasteiger partial charge on any atom is 0.252 e. The highest BCUT2D eigenvalue weighted by Gasteiger charge is 2.46. The van der Waals surface area contributed by atoms with E-state index in [-0.39, 0.29) is 17.5 Å². The highest BCUT2D eigenvalue weighted by Crippen LogP contribution is 2.54. The molecule has 0 N–H and O–H groups in total. The number of benzene rings is 13. The van der Waals surface area contributed by atoms with Crippen molar-refractivity contribution >= 4 is 84.7 Å². The molecule has 0 radical (unpaired) electrons. The number of anilines is 6. The van der Waals surface area contributed by atoms with Crippen molar-refractivity contribution in [1.82, 2.24) is 4.57 Å². The molecule has 16 rings (SSSR count). The molecule has 0 atom stereocenters. The molecular formula is C88H66BN5. The molecule has 1 aromatic heterocycles. The van der Waals surface area contributed by atoms with Gasteiger partial charge in [-0.05, 0) is 132 Å². The molecule has 2 aliphatic heterocycles. The molecule has 0 bridgehead atoms. The highest BCUT2D eigenvalue weighted by atomic mass is 15.2. The fraction of sp³-hybridized carbons (Fsp3) is 0.0909. The summed E-state index contributed by atoms with van der Waals surface area (Å²) in [5.41, 5.74) is 28.7. The Balaban J connectivity index is 1.11. The molecule has 5 nitrogen and oxygen atoms in total. The zero-order valence-electron chi connectivity index (χ0n) is 53.5. The van der Waals surface area contributed by atoms with Crippen LogP contribution in [0.15, 0.2) is 291 Å². The van der Waals surface area contributed by atoms with Crippen LogP contribution in [0, 0.1) is 17.9 Å². The first kappa shape index (κ1) is 57.5. The third-order valence-corrected chi connectivity index (χ3v) is 19.3. The molecule has 13 aromatic carbocycles. The normalized spacial score (nSPS) is 12.5. The molecule has 14 aromatic rings. The molecule has 0 fully saturated rings. The summed E-state index contributed by atoms with van der Waals surface area (Å²) in [6.07, 6.45) is 0. The first-order valence-electron chi connectivity index (χ1n) is 32.4. The summed E-state index contributed by atoms with van der Waals surface area (Å²) in [5.74, 6) is 0. The lowest BCUT2D eigenvalue weighted by atomic mass is 9.33. The van der Waals surface area contributed by atoms with E-state index in [1.54, 1.807) is 0 Å². The topological polar surface area (TPSA) is 39.6 Å². The van der Waals surface area contributed by atoms with Crippen molar-refractivity contribution in [1.29, 1.82) is 5.26 Å². The number of nitrogens with zero attached hydrogens (tertiary/aromatic N) is 5. The smallest absolute Gasteiger partial charge is 0.252 e. The van der Waals surface area contributed by atoms with E-state index < -0.39 is 0 Å². The minimum atomic E-state index is -0.304. The minimum absolute atomic E-state index is 0.215. The molecule has 3 heterocycles. The van der Waals surface area contributed by atoms with Crippen molar-refractivity contribution in [2.75, 3.05) is 9.80 Å². The van der Waals surface area contributed by atoms with Crippen molar-refractivity contribution in [2.24, 2.45) is 0 Å². The van der Waals surface area contributed by atoms with Gasteiger partial charge in [-0.1, -0.05) is 284 Å². The van der Waals surface area contributed by atoms with Gasteiger partial charge in [0.15, 0.2) is 5.69 Å². The summed E-state index contributed by atoms with van der Waals surface area (Å²) >= 11 is 0. The quantitative estimate of drug-likeness (QED) is 0.107. The van der Waals surface area contributed by atoms with Crippen molar-refractivity contribution in [2.45, 2.75) is 52.4 Å². The predicted molar refractivity (Wildman–Crippen MR) is 396 cm³/mol. The van der Waals surface area contributed by atoms with E-state index in [2.05, 4.69) is 352 Å². The van der Waals surface area contributed by atoms with E-state index in [9.17, 15) is 5.26 Å². The molecule has 0 unspecified atom stereocenters. The molecule has 0 saturated heterocycles. The SMILES string of the molecule is [C-]#[N+]c1cc(-c2ccc3c(c2)N(c2c(-c4ccccc4)cccc2-c2ccccc2)c2cc(-n4c5ccccc5c5ccccc54)cc4c2B3c2ccc(-c3cc(C#N)cc(C(C)(C)C)c3)cc2N4c2c(-c3ccccc3)cccc2-c2ccccc2)cc(C(C)(C)C)c1. The molecule has 94 heavy (non-hydrogen) atoms. The Bertz CT molecular complexity index is 4980. The fourth-order valence-electron chi connectivity index (χ4n) is 14.7. The van der Waals surface area contributed by atoms with Crippen molar-refractivity contribution in [3.05, 3.63) is 319 Å². The Kier molecular flexibility index (Phi) is 13.8. The monoisotopic (exact) mass is 1200 g/mol. The van der Waals surface area contributed by atoms with Crippen LogP contribution >= 0.6 is 0 Å². The van der Waals surface area contributed by atoms with Crippen molar-refractivity contribution < 1.29 is 0 Å². The lowest BCUT2D eigenvalue weighted by Gasteiger charge is -2.46.